The van der Waals surface area contributed by atoms with Gasteiger partial charge in [0.15, 0.2) is 5.78 Å². The topological polar surface area (TPSA) is 93.2 Å². The van der Waals surface area contributed by atoms with Crippen LogP contribution in [0, 0.1) is 12.8 Å². The number of nitrogens with one attached hydrogen (secondary N) is 1. The molecule has 1 fully saturated rings. The highest BCUT2D eigenvalue weighted by Gasteiger charge is 2.27. The van der Waals surface area contributed by atoms with Crippen LogP contribution in [-0.2, 0) is 11.8 Å². The van der Waals surface area contributed by atoms with Gasteiger partial charge < -0.3 is 16.0 Å². The number of amides is 1. The monoisotopic (exact) mass is 475 g/mol. The summed E-state index contributed by atoms with van der Waals surface area (Å²) < 4.78 is 1.76. The van der Waals surface area contributed by atoms with E-state index in [1.807, 2.05) is 52.4 Å². The number of carbonyl (C=O) groups excluding carboxylic acids is 2. The van der Waals surface area contributed by atoms with Gasteiger partial charge in [-0.15, -0.1) is 0 Å². The number of carbonyl (C=O) groups is 2. The Morgan fingerprint density at radius 2 is 1.86 bits per heavy atom. The summed E-state index contributed by atoms with van der Waals surface area (Å²) in [4.78, 5) is 28.3. The van der Waals surface area contributed by atoms with E-state index in [0.29, 0.717) is 11.6 Å². The number of rotatable bonds is 6. The third-order valence-electron chi connectivity index (χ3n) is 7.52. The first kappa shape index (κ1) is 24.9. The SMILES string of the molecule is CC1=CC(=O)C(CNC(=O)c2cc(-c3cnn(C)c3)cc(N(C)C3CCC(N)CC3)c2C)C(C)=C1. The fourth-order valence-corrected chi connectivity index (χ4v) is 5.33. The molecule has 1 amide bonds. The van der Waals surface area contributed by atoms with Gasteiger partial charge in [0.25, 0.3) is 5.91 Å². The molecule has 0 aliphatic heterocycles. The lowest BCUT2D eigenvalue weighted by Crippen LogP contribution is -2.39. The van der Waals surface area contributed by atoms with Crippen molar-refractivity contribution in [1.82, 2.24) is 15.1 Å². The highest BCUT2D eigenvalue weighted by molar-refractivity contribution is 6.00. The number of allylic oxidation sites excluding steroid dienone is 3. The van der Waals surface area contributed by atoms with Crippen LogP contribution in [0.5, 0.6) is 0 Å². The average Bonchev–Trinajstić information content (AvgIpc) is 3.24. The van der Waals surface area contributed by atoms with Crippen molar-refractivity contribution in [2.24, 2.45) is 18.7 Å². The molecule has 35 heavy (non-hydrogen) atoms. The van der Waals surface area contributed by atoms with Gasteiger partial charge in [0.2, 0.25) is 0 Å². The molecular formula is C28H37N5O2. The maximum Gasteiger partial charge on any atom is 0.251 e. The molecule has 2 aliphatic rings. The minimum Gasteiger partial charge on any atom is -0.371 e. The Labute approximate surface area is 208 Å². The number of hydrogen-bond acceptors (Lipinski definition) is 5. The second kappa shape index (κ2) is 10.2. The van der Waals surface area contributed by atoms with Gasteiger partial charge in [-0.1, -0.05) is 11.6 Å². The fraction of sp³-hybridized carbons (Fsp3) is 0.464. The van der Waals surface area contributed by atoms with Crippen LogP contribution in [0.4, 0.5) is 5.69 Å². The molecule has 4 rings (SSSR count). The minimum atomic E-state index is -0.321. The van der Waals surface area contributed by atoms with Gasteiger partial charge in [0.05, 0.1) is 12.1 Å². The molecule has 7 heteroatoms. The normalized spacial score (nSPS) is 22.5. The number of anilines is 1. The summed E-state index contributed by atoms with van der Waals surface area (Å²) >= 11 is 0. The average molecular weight is 476 g/mol. The zero-order valence-electron chi connectivity index (χ0n) is 21.5. The molecule has 0 saturated heterocycles. The molecule has 2 aromatic rings. The maximum atomic E-state index is 13.5. The molecule has 1 aromatic heterocycles. The number of ketones is 1. The largest absolute Gasteiger partial charge is 0.371 e. The molecule has 1 atom stereocenters. The molecule has 1 aromatic carbocycles. The number of nitrogens with zero attached hydrogens (tertiary/aromatic N) is 3. The molecule has 7 nitrogen and oxygen atoms in total. The van der Waals surface area contributed by atoms with Crippen LogP contribution < -0.4 is 16.0 Å². The molecule has 1 heterocycles. The first-order chi connectivity index (χ1) is 16.6. The fourth-order valence-electron chi connectivity index (χ4n) is 5.33. The third-order valence-corrected chi connectivity index (χ3v) is 7.52. The number of hydrogen-bond donors (Lipinski definition) is 2. The first-order valence-electron chi connectivity index (χ1n) is 12.4. The van der Waals surface area contributed by atoms with Gasteiger partial charge >= 0.3 is 0 Å². The van der Waals surface area contributed by atoms with Crippen LogP contribution in [0.1, 0.15) is 55.5 Å². The van der Waals surface area contributed by atoms with Crippen LogP contribution in [0.15, 0.2) is 47.8 Å². The molecular weight excluding hydrogens is 438 g/mol. The third kappa shape index (κ3) is 5.40. The summed E-state index contributed by atoms with van der Waals surface area (Å²) in [6, 6.07) is 4.76. The summed E-state index contributed by atoms with van der Waals surface area (Å²) in [6.07, 6.45) is 11.5. The molecule has 0 radical (unpaired) electrons. The van der Waals surface area contributed by atoms with Crippen molar-refractivity contribution in [2.75, 3.05) is 18.5 Å². The Morgan fingerprint density at radius 1 is 1.14 bits per heavy atom. The lowest BCUT2D eigenvalue weighted by molar-refractivity contribution is -0.117. The van der Waals surface area contributed by atoms with Gasteiger partial charge in [0.1, 0.15) is 0 Å². The molecule has 186 valence electrons. The van der Waals surface area contributed by atoms with Gasteiger partial charge in [-0.05, 0) is 81.4 Å². The molecule has 1 saturated carbocycles. The van der Waals surface area contributed by atoms with Crippen LogP contribution >= 0.6 is 0 Å². The van der Waals surface area contributed by atoms with Gasteiger partial charge in [-0.2, -0.15) is 5.10 Å². The number of nitrogens with two attached hydrogens (primary N) is 1. The lowest BCUT2D eigenvalue weighted by atomic mass is 9.88. The summed E-state index contributed by atoms with van der Waals surface area (Å²) in [5.74, 6) is -0.446. The van der Waals surface area contributed by atoms with Crippen molar-refractivity contribution in [1.29, 1.82) is 0 Å². The van der Waals surface area contributed by atoms with Crippen LogP contribution in [0.25, 0.3) is 11.1 Å². The predicted molar refractivity (Wildman–Crippen MR) is 140 cm³/mol. The minimum absolute atomic E-state index is 0.0413. The van der Waals surface area contributed by atoms with Gasteiger partial charge in [-0.25, -0.2) is 0 Å². The standard InChI is InChI=1S/C28H37N5O2/c1-17-10-18(2)25(27(34)11-17)15-30-28(35)24-12-20(21-14-31-32(4)16-21)13-26(19(24)3)33(5)23-8-6-22(29)7-9-23/h10-14,16,22-23,25H,6-9,15,29H2,1-5H3,(H,30,35). The van der Waals surface area contributed by atoms with Crippen molar-refractivity contribution >= 4 is 17.4 Å². The first-order valence-corrected chi connectivity index (χ1v) is 12.4. The number of aromatic nitrogens is 2. The van der Waals surface area contributed by atoms with Crippen molar-refractivity contribution in [3.63, 3.8) is 0 Å². The zero-order valence-corrected chi connectivity index (χ0v) is 21.5. The Bertz CT molecular complexity index is 1180. The summed E-state index contributed by atoms with van der Waals surface area (Å²) in [6.45, 7) is 6.15. The molecule has 2 aliphatic carbocycles. The van der Waals surface area contributed by atoms with Crippen LogP contribution in [0.2, 0.25) is 0 Å². The van der Waals surface area contributed by atoms with Crippen molar-refractivity contribution in [3.8, 4) is 11.1 Å². The Hall–Kier alpha value is -3.19. The number of benzene rings is 1. The summed E-state index contributed by atoms with van der Waals surface area (Å²) in [7, 11) is 4.00. The Kier molecular flexibility index (Phi) is 7.26. The van der Waals surface area contributed by atoms with E-state index >= 15 is 0 Å². The van der Waals surface area contributed by atoms with Crippen molar-refractivity contribution < 1.29 is 9.59 Å². The molecule has 3 N–H and O–H groups in total. The van der Waals surface area contributed by atoms with E-state index in [2.05, 4.69) is 28.4 Å². The van der Waals surface area contributed by atoms with Gasteiger partial charge in [-0.3, -0.25) is 14.3 Å². The lowest BCUT2D eigenvalue weighted by Gasteiger charge is -2.36. The number of aryl methyl sites for hydroxylation is 1. The highest BCUT2D eigenvalue weighted by Crippen LogP contribution is 2.34. The molecule has 1 unspecified atom stereocenters. The van der Waals surface area contributed by atoms with E-state index in [4.69, 9.17) is 5.73 Å². The summed E-state index contributed by atoms with van der Waals surface area (Å²) in [5, 5.41) is 7.36. The van der Waals surface area contributed by atoms with E-state index in [1.54, 1.807) is 10.8 Å². The van der Waals surface area contributed by atoms with Gasteiger partial charge in [0, 0.05) is 55.7 Å². The second-order valence-corrected chi connectivity index (χ2v) is 10.2. The summed E-state index contributed by atoms with van der Waals surface area (Å²) in [5.41, 5.74) is 12.6. The van der Waals surface area contributed by atoms with E-state index in [-0.39, 0.29) is 30.2 Å². The van der Waals surface area contributed by atoms with E-state index < -0.39 is 0 Å². The van der Waals surface area contributed by atoms with E-state index in [1.165, 1.54) is 0 Å². The van der Waals surface area contributed by atoms with E-state index in [0.717, 1.165) is 59.2 Å². The predicted octanol–water partition coefficient (Wildman–Crippen LogP) is 3.92. The van der Waals surface area contributed by atoms with Crippen LogP contribution in [0.3, 0.4) is 0 Å². The Morgan fingerprint density at radius 3 is 2.49 bits per heavy atom. The van der Waals surface area contributed by atoms with E-state index in [9.17, 15) is 9.59 Å². The smallest absolute Gasteiger partial charge is 0.251 e. The quantitative estimate of drug-likeness (QED) is 0.661. The van der Waals surface area contributed by atoms with Crippen molar-refractivity contribution in [2.45, 2.75) is 58.5 Å². The molecule has 0 spiro atoms. The molecule has 0 bridgehead atoms. The van der Waals surface area contributed by atoms with Crippen molar-refractivity contribution in [3.05, 3.63) is 59.0 Å². The Balaban J connectivity index is 1.63. The van der Waals surface area contributed by atoms with Crippen LogP contribution in [-0.4, -0.2) is 47.1 Å². The second-order valence-electron chi connectivity index (χ2n) is 10.2. The maximum absolute atomic E-state index is 13.5. The zero-order chi connectivity index (χ0) is 25.3. The highest BCUT2D eigenvalue weighted by atomic mass is 16.2.